The molecule has 0 heterocycles. The fourth-order valence-corrected chi connectivity index (χ4v) is 3.65. The molecule has 3 rings (SSSR count). The lowest BCUT2D eigenvalue weighted by atomic mass is 9.81. The Bertz CT molecular complexity index is 899. The first-order chi connectivity index (χ1) is 13.3. The number of anilines is 3. The van der Waals surface area contributed by atoms with E-state index in [1.54, 1.807) is 0 Å². The first kappa shape index (κ1) is 19.8. The number of aryl methyl sites for hydroxylation is 2. The van der Waals surface area contributed by atoms with Gasteiger partial charge >= 0.3 is 0 Å². The second-order valence-electron chi connectivity index (χ2n) is 7.97. The maximum Gasteiger partial charge on any atom is 0.0364 e. The van der Waals surface area contributed by atoms with Crippen LogP contribution in [0.2, 0.25) is 0 Å². The molecule has 0 fully saturated rings. The SMILES string of the molecule is Cc1ccc(N(C)C)cc1C(c1ccc(N)cc1)c1cc(N(C)C)ccc1C. The standard InChI is InChI=1S/C25H31N3/c1-17-7-13-21(27(3)4)15-23(17)25(19-9-11-20(26)12-10-19)24-16-22(28(5)6)14-8-18(24)2/h7-16,25H,26H2,1-6H3. The van der Waals surface area contributed by atoms with Crippen molar-refractivity contribution in [2.45, 2.75) is 19.8 Å². The minimum atomic E-state index is 0.153. The highest BCUT2D eigenvalue weighted by Gasteiger charge is 2.22. The predicted molar refractivity (Wildman–Crippen MR) is 123 cm³/mol. The third-order valence-electron chi connectivity index (χ3n) is 5.45. The summed E-state index contributed by atoms with van der Waals surface area (Å²) in [5, 5.41) is 0. The van der Waals surface area contributed by atoms with Crippen LogP contribution in [0.5, 0.6) is 0 Å². The third kappa shape index (κ3) is 3.99. The Labute approximate surface area is 169 Å². The lowest BCUT2D eigenvalue weighted by Crippen LogP contribution is -2.13. The lowest BCUT2D eigenvalue weighted by molar-refractivity contribution is 0.942. The quantitative estimate of drug-likeness (QED) is 0.493. The van der Waals surface area contributed by atoms with Crippen LogP contribution < -0.4 is 15.5 Å². The molecule has 0 radical (unpaired) electrons. The highest BCUT2D eigenvalue weighted by molar-refractivity contribution is 5.60. The van der Waals surface area contributed by atoms with E-state index in [0.29, 0.717) is 0 Å². The Morgan fingerprint density at radius 2 is 1.07 bits per heavy atom. The summed E-state index contributed by atoms with van der Waals surface area (Å²) in [6.45, 7) is 4.40. The molecule has 0 amide bonds. The van der Waals surface area contributed by atoms with Crippen molar-refractivity contribution in [3.63, 3.8) is 0 Å². The summed E-state index contributed by atoms with van der Waals surface area (Å²) in [5.74, 6) is 0.153. The molecular weight excluding hydrogens is 342 g/mol. The van der Waals surface area contributed by atoms with Gasteiger partial charge in [0.25, 0.3) is 0 Å². The van der Waals surface area contributed by atoms with Crippen molar-refractivity contribution in [3.05, 3.63) is 88.5 Å². The molecule has 28 heavy (non-hydrogen) atoms. The van der Waals surface area contributed by atoms with Crippen LogP contribution in [0.3, 0.4) is 0 Å². The number of benzene rings is 3. The minimum absolute atomic E-state index is 0.153. The van der Waals surface area contributed by atoms with Crippen LogP contribution in [0.4, 0.5) is 17.1 Å². The van der Waals surface area contributed by atoms with Crippen molar-refractivity contribution in [1.82, 2.24) is 0 Å². The Hall–Kier alpha value is -2.94. The number of rotatable bonds is 5. The molecule has 0 spiro atoms. The Balaban J connectivity index is 2.27. The zero-order valence-corrected chi connectivity index (χ0v) is 17.8. The fourth-order valence-electron chi connectivity index (χ4n) is 3.65. The maximum absolute atomic E-state index is 5.98. The van der Waals surface area contributed by atoms with E-state index in [1.807, 2.05) is 12.1 Å². The summed E-state index contributed by atoms with van der Waals surface area (Å²) >= 11 is 0. The van der Waals surface area contributed by atoms with Gasteiger partial charge in [0.05, 0.1) is 0 Å². The Kier molecular flexibility index (Phi) is 5.64. The first-order valence-electron chi connectivity index (χ1n) is 9.69. The Morgan fingerprint density at radius 3 is 1.46 bits per heavy atom. The van der Waals surface area contributed by atoms with Crippen LogP contribution >= 0.6 is 0 Å². The molecule has 3 aromatic carbocycles. The van der Waals surface area contributed by atoms with Crippen molar-refractivity contribution in [2.75, 3.05) is 43.7 Å². The smallest absolute Gasteiger partial charge is 0.0364 e. The van der Waals surface area contributed by atoms with Crippen molar-refractivity contribution >= 4 is 17.1 Å². The molecule has 0 aliphatic heterocycles. The Morgan fingerprint density at radius 1 is 0.643 bits per heavy atom. The second kappa shape index (κ2) is 7.97. The number of hydrogen-bond donors (Lipinski definition) is 1. The molecule has 146 valence electrons. The zero-order chi connectivity index (χ0) is 20.4. The number of nitrogen functional groups attached to an aromatic ring is 1. The summed E-state index contributed by atoms with van der Waals surface area (Å²) in [4.78, 5) is 4.32. The van der Waals surface area contributed by atoms with Gasteiger partial charge in [-0.15, -0.1) is 0 Å². The van der Waals surface area contributed by atoms with E-state index >= 15 is 0 Å². The molecule has 0 bridgehead atoms. The summed E-state index contributed by atoms with van der Waals surface area (Å²) in [6, 6.07) is 21.8. The van der Waals surface area contributed by atoms with E-state index in [4.69, 9.17) is 5.73 Å². The highest BCUT2D eigenvalue weighted by Crippen LogP contribution is 2.38. The second-order valence-corrected chi connectivity index (χ2v) is 7.97. The molecule has 0 aromatic heterocycles. The van der Waals surface area contributed by atoms with Gasteiger partial charge in [-0.1, -0.05) is 24.3 Å². The van der Waals surface area contributed by atoms with Crippen LogP contribution in [0.1, 0.15) is 33.7 Å². The van der Waals surface area contributed by atoms with Crippen LogP contribution in [0.25, 0.3) is 0 Å². The largest absolute Gasteiger partial charge is 0.399 e. The fraction of sp³-hybridized carbons (Fsp3) is 0.280. The average Bonchev–Trinajstić information content (AvgIpc) is 2.65. The van der Waals surface area contributed by atoms with Gasteiger partial charge in [0.15, 0.2) is 0 Å². The summed E-state index contributed by atoms with van der Waals surface area (Å²) in [7, 11) is 8.35. The van der Waals surface area contributed by atoms with E-state index in [2.05, 4.69) is 100 Å². The zero-order valence-electron chi connectivity index (χ0n) is 17.8. The van der Waals surface area contributed by atoms with E-state index in [9.17, 15) is 0 Å². The minimum Gasteiger partial charge on any atom is -0.399 e. The monoisotopic (exact) mass is 373 g/mol. The van der Waals surface area contributed by atoms with Crippen LogP contribution in [0, 0.1) is 13.8 Å². The lowest BCUT2D eigenvalue weighted by Gasteiger charge is -2.26. The molecule has 3 aromatic rings. The van der Waals surface area contributed by atoms with Crippen molar-refractivity contribution in [2.24, 2.45) is 0 Å². The summed E-state index contributed by atoms with van der Waals surface area (Å²) < 4.78 is 0. The number of hydrogen-bond acceptors (Lipinski definition) is 3. The van der Waals surface area contributed by atoms with Crippen molar-refractivity contribution < 1.29 is 0 Å². The number of nitrogens with two attached hydrogens (primary N) is 1. The average molecular weight is 374 g/mol. The molecule has 0 atom stereocenters. The van der Waals surface area contributed by atoms with E-state index in [0.717, 1.165) is 5.69 Å². The molecule has 3 nitrogen and oxygen atoms in total. The van der Waals surface area contributed by atoms with Gasteiger partial charge in [-0.2, -0.15) is 0 Å². The molecule has 0 saturated heterocycles. The van der Waals surface area contributed by atoms with Crippen molar-refractivity contribution in [3.8, 4) is 0 Å². The molecule has 0 unspecified atom stereocenters. The predicted octanol–water partition coefficient (Wildman–Crippen LogP) is 5.20. The summed E-state index contributed by atoms with van der Waals surface area (Å²) in [5.41, 5.74) is 15.7. The molecule has 0 aliphatic rings. The van der Waals surface area contributed by atoms with Crippen LogP contribution in [-0.2, 0) is 0 Å². The van der Waals surface area contributed by atoms with Gasteiger partial charge in [-0.3, -0.25) is 0 Å². The molecule has 0 aliphatic carbocycles. The van der Waals surface area contributed by atoms with Crippen LogP contribution in [-0.4, -0.2) is 28.2 Å². The van der Waals surface area contributed by atoms with Crippen LogP contribution in [0.15, 0.2) is 60.7 Å². The maximum atomic E-state index is 5.98. The van der Waals surface area contributed by atoms with Gasteiger partial charge < -0.3 is 15.5 Å². The van der Waals surface area contributed by atoms with E-state index in [-0.39, 0.29) is 5.92 Å². The van der Waals surface area contributed by atoms with E-state index in [1.165, 1.54) is 39.2 Å². The number of nitrogens with zero attached hydrogens (tertiary/aromatic N) is 2. The molecule has 2 N–H and O–H groups in total. The molecular formula is C25H31N3. The normalized spacial score (nSPS) is 11.0. The van der Waals surface area contributed by atoms with Crippen molar-refractivity contribution in [1.29, 1.82) is 0 Å². The molecule has 0 saturated carbocycles. The summed E-state index contributed by atoms with van der Waals surface area (Å²) in [6.07, 6.45) is 0. The van der Waals surface area contributed by atoms with Gasteiger partial charge in [-0.25, -0.2) is 0 Å². The van der Waals surface area contributed by atoms with Gasteiger partial charge in [0.2, 0.25) is 0 Å². The highest BCUT2D eigenvalue weighted by atomic mass is 15.1. The third-order valence-corrected chi connectivity index (χ3v) is 5.45. The first-order valence-corrected chi connectivity index (χ1v) is 9.69. The van der Waals surface area contributed by atoms with Gasteiger partial charge in [0.1, 0.15) is 0 Å². The topological polar surface area (TPSA) is 32.5 Å². The van der Waals surface area contributed by atoms with Gasteiger partial charge in [0, 0.05) is 51.2 Å². The van der Waals surface area contributed by atoms with Gasteiger partial charge in [-0.05, 0) is 78.1 Å². The molecule has 3 heteroatoms. The van der Waals surface area contributed by atoms with E-state index < -0.39 is 0 Å².